The average Bonchev–Trinajstić information content (AvgIpc) is 2.68. The molecule has 0 fully saturated rings. The highest BCUT2D eigenvalue weighted by atomic mass is 16.6. The molecule has 2 aromatic rings. The molecule has 2 N–H and O–H groups in total. The first kappa shape index (κ1) is 19.9. The molecule has 0 aliphatic heterocycles. The van der Waals surface area contributed by atoms with Crippen molar-refractivity contribution >= 4 is 28.9 Å². The summed E-state index contributed by atoms with van der Waals surface area (Å²) >= 11 is 0. The third-order valence-corrected chi connectivity index (χ3v) is 4.17. The van der Waals surface area contributed by atoms with Crippen molar-refractivity contribution in [3.05, 3.63) is 63.7 Å². The highest BCUT2D eigenvalue weighted by Gasteiger charge is 2.17. The average molecular weight is 370 g/mol. The van der Waals surface area contributed by atoms with E-state index in [1.807, 2.05) is 13.8 Å². The monoisotopic (exact) mass is 370 g/mol. The number of hydrogen-bond acceptors (Lipinski definition) is 5. The molecule has 0 aliphatic carbocycles. The largest absolute Gasteiger partial charge is 0.387 e. The highest BCUT2D eigenvalue weighted by molar-refractivity contribution is 6.08. The van der Waals surface area contributed by atoms with Gasteiger partial charge in [0.15, 0.2) is 0 Å². The van der Waals surface area contributed by atoms with Gasteiger partial charge in [-0.1, -0.05) is 0 Å². The first-order chi connectivity index (χ1) is 12.9. The summed E-state index contributed by atoms with van der Waals surface area (Å²) < 4.78 is 0. The second kappa shape index (κ2) is 8.79. The van der Waals surface area contributed by atoms with Crippen LogP contribution < -0.4 is 10.6 Å². The molecule has 0 bridgehead atoms. The summed E-state index contributed by atoms with van der Waals surface area (Å²) in [4.78, 5) is 37.0. The lowest BCUT2D eigenvalue weighted by Gasteiger charge is -2.18. The Morgan fingerprint density at radius 1 is 1.07 bits per heavy atom. The molecule has 27 heavy (non-hydrogen) atoms. The fourth-order valence-corrected chi connectivity index (χ4v) is 2.64. The molecule has 0 atom stereocenters. The second-order valence-electron chi connectivity index (χ2n) is 5.75. The summed E-state index contributed by atoms with van der Waals surface area (Å²) in [5.41, 5.74) is 1.49. The van der Waals surface area contributed by atoms with Gasteiger partial charge in [0.25, 0.3) is 17.5 Å². The molecule has 0 aliphatic rings. The minimum absolute atomic E-state index is 0.0750. The Morgan fingerprint density at radius 3 is 2.22 bits per heavy atom. The van der Waals surface area contributed by atoms with E-state index in [4.69, 9.17) is 0 Å². The van der Waals surface area contributed by atoms with Crippen LogP contribution in [0.15, 0.2) is 42.5 Å². The van der Waals surface area contributed by atoms with Crippen molar-refractivity contribution in [2.45, 2.75) is 13.8 Å². The van der Waals surface area contributed by atoms with Crippen molar-refractivity contribution in [3.63, 3.8) is 0 Å². The molecule has 142 valence electrons. The first-order valence-electron chi connectivity index (χ1n) is 8.58. The van der Waals surface area contributed by atoms with Crippen molar-refractivity contribution < 1.29 is 14.5 Å². The van der Waals surface area contributed by atoms with E-state index in [1.54, 1.807) is 36.2 Å². The number of hydrogen-bond donors (Lipinski definition) is 2. The third kappa shape index (κ3) is 4.60. The number of nitrogens with one attached hydrogen (secondary N) is 2. The Balaban J connectivity index is 2.20. The lowest BCUT2D eigenvalue weighted by molar-refractivity contribution is -0.384. The number of non-ortho nitro benzene ring substituents is 1. The Bertz CT molecular complexity index is 845. The molecule has 8 heteroatoms. The van der Waals surface area contributed by atoms with E-state index in [0.717, 1.165) is 0 Å². The Kier molecular flexibility index (Phi) is 6.48. The normalized spacial score (nSPS) is 10.2. The zero-order chi connectivity index (χ0) is 20.0. The van der Waals surface area contributed by atoms with Gasteiger partial charge in [-0.2, -0.15) is 0 Å². The zero-order valence-corrected chi connectivity index (χ0v) is 15.5. The summed E-state index contributed by atoms with van der Waals surface area (Å²) in [6, 6.07) is 10.6. The molecule has 0 aromatic heterocycles. The van der Waals surface area contributed by atoms with Gasteiger partial charge in [-0.3, -0.25) is 19.7 Å². The van der Waals surface area contributed by atoms with E-state index in [2.05, 4.69) is 10.6 Å². The minimum atomic E-state index is -0.552. The predicted octanol–water partition coefficient (Wildman–Crippen LogP) is 3.37. The molecular formula is C19H22N4O4. The van der Waals surface area contributed by atoms with Crippen molar-refractivity contribution in [1.29, 1.82) is 0 Å². The zero-order valence-electron chi connectivity index (χ0n) is 15.5. The number of amides is 2. The molecule has 2 aromatic carbocycles. The van der Waals surface area contributed by atoms with Gasteiger partial charge in [-0.25, -0.2) is 0 Å². The summed E-state index contributed by atoms with van der Waals surface area (Å²) in [6.45, 7) is 5.06. The summed E-state index contributed by atoms with van der Waals surface area (Å²) in [5.74, 6) is -0.556. The maximum absolute atomic E-state index is 12.5. The van der Waals surface area contributed by atoms with Crippen LogP contribution in [0, 0.1) is 10.1 Å². The third-order valence-electron chi connectivity index (χ3n) is 4.17. The molecule has 0 unspecified atom stereocenters. The number of carbonyl (C=O) groups is 2. The van der Waals surface area contributed by atoms with Crippen molar-refractivity contribution in [3.8, 4) is 0 Å². The number of nitro groups is 1. The van der Waals surface area contributed by atoms with Crippen LogP contribution in [-0.4, -0.2) is 41.8 Å². The Morgan fingerprint density at radius 2 is 1.70 bits per heavy atom. The van der Waals surface area contributed by atoms with Gasteiger partial charge in [0.1, 0.15) is 0 Å². The molecular weight excluding hydrogens is 348 g/mol. The van der Waals surface area contributed by atoms with Gasteiger partial charge >= 0.3 is 0 Å². The number of carbonyl (C=O) groups excluding carboxylic acids is 2. The molecule has 8 nitrogen and oxygen atoms in total. The highest BCUT2D eigenvalue weighted by Crippen LogP contribution is 2.23. The lowest BCUT2D eigenvalue weighted by atomic mass is 10.1. The Labute approximate surface area is 157 Å². The van der Waals surface area contributed by atoms with E-state index >= 15 is 0 Å². The molecule has 2 amide bonds. The summed E-state index contributed by atoms with van der Waals surface area (Å²) in [5, 5.41) is 16.5. The van der Waals surface area contributed by atoms with Crippen LogP contribution in [0.25, 0.3) is 0 Å². The van der Waals surface area contributed by atoms with Crippen LogP contribution in [0.4, 0.5) is 17.1 Å². The van der Waals surface area contributed by atoms with Crippen LogP contribution in [0.5, 0.6) is 0 Å². The van der Waals surface area contributed by atoms with Gasteiger partial charge < -0.3 is 15.5 Å². The number of benzene rings is 2. The summed E-state index contributed by atoms with van der Waals surface area (Å²) in [6.07, 6.45) is 0. The number of nitro benzene ring substituents is 1. The first-order valence-corrected chi connectivity index (χ1v) is 8.58. The standard InChI is InChI=1S/C19H22N4O4/c1-4-22(5-2)19(25)13-6-8-14(9-7-13)21-18(24)16-12-15(23(26)27)10-11-17(16)20-3/h6-12,20H,4-5H2,1-3H3,(H,21,24). The van der Waals surface area contributed by atoms with Crippen LogP contribution in [0.3, 0.4) is 0 Å². The fourth-order valence-electron chi connectivity index (χ4n) is 2.64. The molecule has 0 saturated carbocycles. The predicted molar refractivity (Wildman–Crippen MR) is 104 cm³/mol. The van der Waals surface area contributed by atoms with Crippen LogP contribution in [-0.2, 0) is 0 Å². The van der Waals surface area contributed by atoms with Crippen molar-refractivity contribution in [2.24, 2.45) is 0 Å². The maximum Gasteiger partial charge on any atom is 0.270 e. The fraction of sp³-hybridized carbons (Fsp3) is 0.263. The van der Waals surface area contributed by atoms with E-state index in [1.165, 1.54) is 18.2 Å². The lowest BCUT2D eigenvalue weighted by Crippen LogP contribution is -2.30. The van der Waals surface area contributed by atoms with E-state index in [-0.39, 0.29) is 17.2 Å². The van der Waals surface area contributed by atoms with Gasteiger partial charge in [-0.15, -0.1) is 0 Å². The van der Waals surface area contributed by atoms with E-state index in [9.17, 15) is 19.7 Å². The maximum atomic E-state index is 12.5. The van der Waals surface area contributed by atoms with Crippen LogP contribution >= 0.6 is 0 Å². The smallest absolute Gasteiger partial charge is 0.270 e. The molecule has 0 spiro atoms. The molecule has 0 heterocycles. The van der Waals surface area contributed by atoms with Gasteiger partial charge in [0, 0.05) is 49.2 Å². The molecule has 0 radical (unpaired) electrons. The Hall–Kier alpha value is -3.42. The quantitative estimate of drug-likeness (QED) is 0.574. The minimum Gasteiger partial charge on any atom is -0.387 e. The van der Waals surface area contributed by atoms with Crippen LogP contribution in [0.1, 0.15) is 34.6 Å². The van der Waals surface area contributed by atoms with Gasteiger partial charge in [-0.05, 0) is 44.2 Å². The van der Waals surface area contributed by atoms with Crippen molar-refractivity contribution in [2.75, 3.05) is 30.8 Å². The number of rotatable bonds is 7. The van der Waals surface area contributed by atoms with E-state index in [0.29, 0.717) is 30.0 Å². The SMILES string of the molecule is CCN(CC)C(=O)c1ccc(NC(=O)c2cc([N+](=O)[O-])ccc2NC)cc1. The number of anilines is 2. The topological polar surface area (TPSA) is 105 Å². The van der Waals surface area contributed by atoms with E-state index < -0.39 is 10.8 Å². The van der Waals surface area contributed by atoms with Gasteiger partial charge in [0.2, 0.25) is 0 Å². The number of nitrogens with zero attached hydrogens (tertiary/aromatic N) is 2. The second-order valence-corrected chi connectivity index (χ2v) is 5.75. The summed E-state index contributed by atoms with van der Waals surface area (Å²) in [7, 11) is 1.63. The van der Waals surface area contributed by atoms with Gasteiger partial charge in [0.05, 0.1) is 10.5 Å². The molecule has 2 rings (SSSR count). The molecule has 0 saturated heterocycles. The van der Waals surface area contributed by atoms with Crippen molar-refractivity contribution in [1.82, 2.24) is 4.90 Å². The van der Waals surface area contributed by atoms with Crippen LogP contribution in [0.2, 0.25) is 0 Å².